The van der Waals surface area contributed by atoms with E-state index in [9.17, 15) is 0 Å². The predicted molar refractivity (Wildman–Crippen MR) is 57.1 cm³/mol. The Bertz CT molecular complexity index is 422. The second-order valence-corrected chi connectivity index (χ2v) is 3.21. The van der Waals surface area contributed by atoms with Gasteiger partial charge in [0.05, 0.1) is 23.3 Å². The van der Waals surface area contributed by atoms with E-state index in [1.54, 1.807) is 10.9 Å². The van der Waals surface area contributed by atoms with Crippen LogP contribution in [0.25, 0.3) is 5.69 Å². The fraction of sp³-hybridized carbons (Fsp3) is 0.100. The summed E-state index contributed by atoms with van der Waals surface area (Å²) in [4.78, 5) is 0. The van der Waals surface area contributed by atoms with Crippen molar-refractivity contribution in [2.24, 2.45) is 0 Å². The number of nitrogen functional groups attached to an aromatic ring is 2. The standard InChI is InChI=1S/C10H12N4/c1-7-10(12)6-14(13-7)9-4-2-8(11)3-5-9/h2-6H,11-12H2,1H3. The zero-order valence-electron chi connectivity index (χ0n) is 7.94. The third-order valence-electron chi connectivity index (χ3n) is 2.09. The number of nitrogens with two attached hydrogens (primary N) is 2. The number of hydrogen-bond acceptors (Lipinski definition) is 3. The lowest BCUT2D eigenvalue weighted by atomic mass is 10.3. The van der Waals surface area contributed by atoms with Crippen molar-refractivity contribution in [1.29, 1.82) is 0 Å². The van der Waals surface area contributed by atoms with Gasteiger partial charge < -0.3 is 11.5 Å². The highest BCUT2D eigenvalue weighted by atomic mass is 15.3. The van der Waals surface area contributed by atoms with Gasteiger partial charge in [-0.15, -0.1) is 0 Å². The van der Waals surface area contributed by atoms with Crippen LogP contribution < -0.4 is 11.5 Å². The molecule has 0 aliphatic heterocycles. The summed E-state index contributed by atoms with van der Waals surface area (Å²) in [5.74, 6) is 0. The summed E-state index contributed by atoms with van der Waals surface area (Å²) in [5.41, 5.74) is 14.5. The lowest BCUT2D eigenvalue weighted by molar-refractivity contribution is 0.863. The summed E-state index contributed by atoms with van der Waals surface area (Å²) in [6.45, 7) is 1.88. The number of nitrogens with zero attached hydrogens (tertiary/aromatic N) is 2. The van der Waals surface area contributed by atoms with Crippen LogP contribution in [0.3, 0.4) is 0 Å². The van der Waals surface area contributed by atoms with E-state index in [0.717, 1.165) is 17.1 Å². The topological polar surface area (TPSA) is 69.9 Å². The van der Waals surface area contributed by atoms with E-state index in [0.29, 0.717) is 5.69 Å². The van der Waals surface area contributed by atoms with Gasteiger partial charge in [0.25, 0.3) is 0 Å². The minimum absolute atomic E-state index is 0.696. The van der Waals surface area contributed by atoms with E-state index in [-0.39, 0.29) is 0 Å². The van der Waals surface area contributed by atoms with E-state index < -0.39 is 0 Å². The molecule has 0 amide bonds. The molecule has 0 atom stereocenters. The van der Waals surface area contributed by atoms with E-state index in [1.807, 2.05) is 31.2 Å². The van der Waals surface area contributed by atoms with Crippen LogP contribution in [-0.4, -0.2) is 9.78 Å². The second-order valence-electron chi connectivity index (χ2n) is 3.21. The van der Waals surface area contributed by atoms with Crippen LogP contribution in [0.1, 0.15) is 5.69 Å². The number of benzene rings is 1. The first kappa shape index (κ1) is 8.62. The van der Waals surface area contributed by atoms with Crippen molar-refractivity contribution < 1.29 is 0 Å². The number of anilines is 2. The molecule has 4 N–H and O–H groups in total. The molecule has 0 fully saturated rings. The molecular formula is C10H12N4. The Morgan fingerprint density at radius 1 is 1.14 bits per heavy atom. The molecule has 0 bridgehead atoms. The largest absolute Gasteiger partial charge is 0.399 e. The summed E-state index contributed by atoms with van der Waals surface area (Å²) < 4.78 is 1.74. The Labute approximate surface area is 82.1 Å². The molecule has 1 aromatic carbocycles. The molecule has 0 saturated carbocycles. The van der Waals surface area contributed by atoms with Crippen LogP contribution in [0.5, 0.6) is 0 Å². The minimum Gasteiger partial charge on any atom is -0.399 e. The number of hydrogen-bond donors (Lipinski definition) is 2. The highest BCUT2D eigenvalue weighted by Crippen LogP contribution is 2.14. The van der Waals surface area contributed by atoms with Crippen molar-refractivity contribution in [2.75, 3.05) is 11.5 Å². The van der Waals surface area contributed by atoms with Crippen LogP contribution in [0.15, 0.2) is 30.5 Å². The average molecular weight is 188 g/mol. The molecule has 0 unspecified atom stereocenters. The molecule has 4 heteroatoms. The van der Waals surface area contributed by atoms with Gasteiger partial charge in [-0.05, 0) is 31.2 Å². The summed E-state index contributed by atoms with van der Waals surface area (Å²) >= 11 is 0. The van der Waals surface area contributed by atoms with Crippen LogP contribution >= 0.6 is 0 Å². The van der Waals surface area contributed by atoms with Crippen molar-refractivity contribution >= 4 is 11.4 Å². The van der Waals surface area contributed by atoms with Gasteiger partial charge in [-0.25, -0.2) is 4.68 Å². The maximum Gasteiger partial charge on any atom is 0.0827 e. The van der Waals surface area contributed by atoms with Crippen LogP contribution in [0.4, 0.5) is 11.4 Å². The fourth-order valence-corrected chi connectivity index (χ4v) is 1.23. The lowest BCUT2D eigenvalue weighted by Gasteiger charge is -2.00. The molecule has 2 rings (SSSR count). The third kappa shape index (κ3) is 1.42. The van der Waals surface area contributed by atoms with Crippen LogP contribution in [0.2, 0.25) is 0 Å². The number of rotatable bonds is 1. The Balaban J connectivity index is 2.44. The van der Waals surface area contributed by atoms with Crippen LogP contribution in [0, 0.1) is 6.92 Å². The van der Waals surface area contributed by atoms with E-state index >= 15 is 0 Å². The molecule has 0 aliphatic rings. The molecule has 1 heterocycles. The minimum atomic E-state index is 0.696. The highest BCUT2D eigenvalue weighted by molar-refractivity contribution is 5.47. The maximum absolute atomic E-state index is 5.70. The normalized spacial score (nSPS) is 10.4. The third-order valence-corrected chi connectivity index (χ3v) is 2.09. The van der Waals surface area contributed by atoms with Crippen molar-refractivity contribution in [1.82, 2.24) is 9.78 Å². The Morgan fingerprint density at radius 2 is 1.79 bits per heavy atom. The first-order valence-corrected chi connectivity index (χ1v) is 4.34. The molecule has 0 aliphatic carbocycles. The van der Waals surface area contributed by atoms with E-state index in [4.69, 9.17) is 11.5 Å². The summed E-state index contributed by atoms with van der Waals surface area (Å²) in [6, 6.07) is 7.48. The summed E-state index contributed by atoms with van der Waals surface area (Å²) in [5, 5.41) is 4.26. The smallest absolute Gasteiger partial charge is 0.0827 e. The molecule has 0 saturated heterocycles. The predicted octanol–water partition coefficient (Wildman–Crippen LogP) is 1.35. The monoisotopic (exact) mass is 188 g/mol. The number of aromatic nitrogens is 2. The van der Waals surface area contributed by atoms with Crippen molar-refractivity contribution in [3.63, 3.8) is 0 Å². The van der Waals surface area contributed by atoms with Gasteiger partial charge in [-0.3, -0.25) is 0 Å². The Kier molecular flexibility index (Phi) is 1.89. The molecule has 72 valence electrons. The molecule has 0 radical (unpaired) electrons. The Morgan fingerprint density at radius 3 is 2.29 bits per heavy atom. The lowest BCUT2D eigenvalue weighted by Crippen LogP contribution is -1.95. The first-order valence-electron chi connectivity index (χ1n) is 4.34. The molecular weight excluding hydrogens is 176 g/mol. The van der Waals surface area contributed by atoms with Gasteiger partial charge in [-0.2, -0.15) is 5.10 Å². The zero-order valence-corrected chi connectivity index (χ0v) is 7.94. The molecule has 1 aromatic heterocycles. The second kappa shape index (κ2) is 3.06. The summed E-state index contributed by atoms with van der Waals surface area (Å²) in [7, 11) is 0. The summed E-state index contributed by atoms with van der Waals surface area (Å²) in [6.07, 6.45) is 1.79. The average Bonchev–Trinajstić information content (AvgIpc) is 2.48. The van der Waals surface area contributed by atoms with Gasteiger partial charge in [0.15, 0.2) is 0 Å². The molecule has 4 nitrogen and oxygen atoms in total. The van der Waals surface area contributed by atoms with Gasteiger partial charge in [0.1, 0.15) is 0 Å². The van der Waals surface area contributed by atoms with Crippen LogP contribution in [-0.2, 0) is 0 Å². The zero-order chi connectivity index (χ0) is 10.1. The van der Waals surface area contributed by atoms with Crippen molar-refractivity contribution in [3.05, 3.63) is 36.2 Å². The van der Waals surface area contributed by atoms with Gasteiger partial charge in [-0.1, -0.05) is 0 Å². The fourth-order valence-electron chi connectivity index (χ4n) is 1.23. The quantitative estimate of drug-likeness (QED) is 0.663. The molecule has 2 aromatic rings. The van der Waals surface area contributed by atoms with Gasteiger partial charge in [0.2, 0.25) is 0 Å². The number of aryl methyl sites for hydroxylation is 1. The Hall–Kier alpha value is -1.97. The van der Waals surface area contributed by atoms with Gasteiger partial charge in [0, 0.05) is 5.69 Å². The first-order chi connectivity index (χ1) is 6.66. The molecule has 0 spiro atoms. The van der Waals surface area contributed by atoms with E-state index in [2.05, 4.69) is 5.10 Å². The van der Waals surface area contributed by atoms with Crippen molar-refractivity contribution in [2.45, 2.75) is 6.92 Å². The van der Waals surface area contributed by atoms with Crippen molar-refractivity contribution in [3.8, 4) is 5.69 Å². The maximum atomic E-state index is 5.70. The highest BCUT2D eigenvalue weighted by Gasteiger charge is 2.01. The van der Waals surface area contributed by atoms with Gasteiger partial charge >= 0.3 is 0 Å². The van der Waals surface area contributed by atoms with E-state index in [1.165, 1.54) is 0 Å². The molecule has 14 heavy (non-hydrogen) atoms. The SMILES string of the molecule is Cc1nn(-c2ccc(N)cc2)cc1N.